The molecule has 1 saturated heterocycles. The normalized spacial score (nSPS) is 16.7. The fourth-order valence-electron chi connectivity index (χ4n) is 2.09. The Labute approximate surface area is 161 Å². The summed E-state index contributed by atoms with van der Waals surface area (Å²) >= 11 is 24.1. The molecule has 122 valence electrons. The van der Waals surface area contributed by atoms with Crippen molar-refractivity contribution in [2.45, 2.75) is 0 Å². The van der Waals surface area contributed by atoms with Gasteiger partial charge in [-0.2, -0.15) is 0 Å². The number of thiocarbonyl (C=S) groups is 1. The van der Waals surface area contributed by atoms with E-state index in [2.05, 4.69) is 5.32 Å². The second-order valence-corrected chi connectivity index (χ2v) is 7.82. The molecule has 0 bridgehead atoms. The van der Waals surface area contributed by atoms with Gasteiger partial charge in [-0.3, -0.25) is 19.8 Å². The van der Waals surface area contributed by atoms with Gasteiger partial charge >= 0.3 is 0 Å². The highest BCUT2D eigenvalue weighted by Crippen LogP contribution is 2.33. The van der Waals surface area contributed by atoms with Gasteiger partial charge < -0.3 is 0 Å². The number of hydrogen-bond acceptors (Lipinski definition) is 4. The number of nitrogens with one attached hydrogen (secondary N) is 1. The van der Waals surface area contributed by atoms with Crippen molar-refractivity contribution in [2.75, 3.05) is 4.90 Å². The number of halogens is 3. The highest BCUT2D eigenvalue weighted by molar-refractivity contribution is 7.80. The molecule has 2 heterocycles. The minimum Gasteiger partial charge on any atom is -0.298 e. The van der Waals surface area contributed by atoms with E-state index in [0.29, 0.717) is 24.9 Å². The smallest absolute Gasteiger partial charge is 0.270 e. The molecule has 1 aromatic carbocycles. The maximum atomic E-state index is 12.8. The fraction of sp³-hybridized carbons (Fsp3) is 0. The van der Waals surface area contributed by atoms with Crippen molar-refractivity contribution in [1.82, 2.24) is 5.32 Å². The average Bonchev–Trinajstić information content (AvgIpc) is 2.83. The second-order valence-electron chi connectivity index (χ2n) is 4.71. The summed E-state index contributed by atoms with van der Waals surface area (Å²) in [5.41, 5.74) is 0.902. The fourth-order valence-corrected chi connectivity index (χ4v) is 3.91. The standard InChI is InChI=1S/C15H7Cl3N2O2S2/c16-8-1-3-9(4-2-8)20-14(22)10(13(21)19-15(20)23)5-7-6-11(17)24-12(7)18/h1-6H,(H,19,21,23). The summed E-state index contributed by atoms with van der Waals surface area (Å²) in [4.78, 5) is 26.1. The van der Waals surface area contributed by atoms with Crippen LogP contribution in [0.2, 0.25) is 13.7 Å². The SMILES string of the molecule is O=C1NC(=S)N(c2ccc(Cl)cc2)C(=O)C1=Cc1cc(Cl)sc1Cl. The molecule has 2 amide bonds. The van der Waals surface area contributed by atoms with Gasteiger partial charge in [0.15, 0.2) is 5.11 Å². The molecule has 0 spiro atoms. The van der Waals surface area contributed by atoms with Crippen LogP contribution >= 0.6 is 58.4 Å². The third kappa shape index (κ3) is 3.34. The average molecular weight is 418 g/mol. The first-order valence-electron chi connectivity index (χ1n) is 6.48. The third-order valence-electron chi connectivity index (χ3n) is 3.17. The summed E-state index contributed by atoms with van der Waals surface area (Å²) in [5, 5.41) is 3.01. The van der Waals surface area contributed by atoms with E-state index < -0.39 is 11.8 Å². The van der Waals surface area contributed by atoms with Crippen molar-refractivity contribution < 1.29 is 9.59 Å². The third-order valence-corrected chi connectivity index (χ3v) is 5.22. The van der Waals surface area contributed by atoms with Crippen LogP contribution in [0.15, 0.2) is 35.9 Å². The molecule has 2 aromatic rings. The molecule has 1 aromatic heterocycles. The molecule has 1 aliphatic heterocycles. The maximum Gasteiger partial charge on any atom is 0.270 e. The Kier molecular flexibility index (Phi) is 4.94. The Morgan fingerprint density at radius 3 is 2.38 bits per heavy atom. The first-order valence-corrected chi connectivity index (χ1v) is 8.84. The Morgan fingerprint density at radius 1 is 1.12 bits per heavy atom. The molecule has 3 rings (SSSR count). The van der Waals surface area contributed by atoms with Gasteiger partial charge in [-0.1, -0.05) is 34.8 Å². The van der Waals surface area contributed by atoms with E-state index >= 15 is 0 Å². The lowest BCUT2D eigenvalue weighted by Crippen LogP contribution is -2.54. The number of anilines is 1. The van der Waals surface area contributed by atoms with Crippen LogP contribution < -0.4 is 10.2 Å². The zero-order chi connectivity index (χ0) is 17.4. The van der Waals surface area contributed by atoms with Crippen LogP contribution in [0.25, 0.3) is 6.08 Å². The molecule has 0 saturated carbocycles. The molecule has 9 heteroatoms. The Bertz CT molecular complexity index is 891. The van der Waals surface area contributed by atoms with Crippen LogP contribution in [-0.4, -0.2) is 16.9 Å². The summed E-state index contributed by atoms with van der Waals surface area (Å²) in [7, 11) is 0. The van der Waals surface area contributed by atoms with Gasteiger partial charge in [0.25, 0.3) is 11.8 Å². The summed E-state index contributed by atoms with van der Waals surface area (Å²) in [6.45, 7) is 0. The number of benzene rings is 1. The highest BCUT2D eigenvalue weighted by Gasteiger charge is 2.34. The molecule has 0 atom stereocenters. The molecule has 4 nitrogen and oxygen atoms in total. The van der Waals surface area contributed by atoms with E-state index in [0.717, 1.165) is 11.3 Å². The van der Waals surface area contributed by atoms with Gasteiger partial charge in [0, 0.05) is 10.6 Å². The number of hydrogen-bond donors (Lipinski definition) is 1. The van der Waals surface area contributed by atoms with E-state index in [9.17, 15) is 9.59 Å². The Balaban J connectivity index is 2.03. The number of carbonyl (C=O) groups excluding carboxylic acids is 2. The first kappa shape index (κ1) is 17.4. The van der Waals surface area contributed by atoms with Crippen LogP contribution in [0, 0.1) is 0 Å². The number of carbonyl (C=O) groups is 2. The molecule has 1 aliphatic rings. The summed E-state index contributed by atoms with van der Waals surface area (Å²) in [5.74, 6) is -1.14. The van der Waals surface area contributed by atoms with Crippen molar-refractivity contribution in [2.24, 2.45) is 0 Å². The van der Waals surface area contributed by atoms with E-state index in [-0.39, 0.29) is 10.7 Å². The largest absolute Gasteiger partial charge is 0.298 e. The molecule has 1 N–H and O–H groups in total. The number of rotatable bonds is 2. The van der Waals surface area contributed by atoms with Gasteiger partial charge in [0.05, 0.1) is 10.0 Å². The van der Waals surface area contributed by atoms with Crippen LogP contribution in [-0.2, 0) is 9.59 Å². The lowest BCUT2D eigenvalue weighted by Gasteiger charge is -2.28. The zero-order valence-corrected chi connectivity index (χ0v) is 15.6. The molecule has 1 fully saturated rings. The van der Waals surface area contributed by atoms with Crippen molar-refractivity contribution in [3.8, 4) is 0 Å². The topological polar surface area (TPSA) is 49.4 Å². The molecule has 24 heavy (non-hydrogen) atoms. The molecule has 0 aliphatic carbocycles. The van der Waals surface area contributed by atoms with E-state index in [1.54, 1.807) is 30.3 Å². The summed E-state index contributed by atoms with van der Waals surface area (Å²) < 4.78 is 0.847. The molecule has 0 radical (unpaired) electrons. The quantitative estimate of drug-likeness (QED) is 0.443. The van der Waals surface area contributed by atoms with Gasteiger partial charge in [-0.15, -0.1) is 11.3 Å². The summed E-state index contributed by atoms with van der Waals surface area (Å²) in [6.07, 6.45) is 1.40. The minimum absolute atomic E-state index is 0.001000. The number of amides is 2. The minimum atomic E-state index is -0.589. The molecular weight excluding hydrogens is 411 g/mol. The second kappa shape index (κ2) is 6.82. The Morgan fingerprint density at radius 2 is 1.79 bits per heavy atom. The number of nitrogens with zero attached hydrogens (tertiary/aromatic N) is 1. The lowest BCUT2D eigenvalue weighted by molar-refractivity contribution is -0.122. The van der Waals surface area contributed by atoms with Crippen LogP contribution in [0.5, 0.6) is 0 Å². The van der Waals surface area contributed by atoms with E-state index in [1.165, 1.54) is 11.0 Å². The van der Waals surface area contributed by atoms with Gasteiger partial charge in [0.2, 0.25) is 0 Å². The highest BCUT2D eigenvalue weighted by atomic mass is 35.5. The zero-order valence-electron chi connectivity index (χ0n) is 11.7. The molecule has 0 unspecified atom stereocenters. The van der Waals surface area contributed by atoms with Crippen molar-refractivity contribution in [3.05, 3.63) is 55.2 Å². The predicted octanol–water partition coefficient (Wildman–Crippen LogP) is 4.54. The van der Waals surface area contributed by atoms with Crippen molar-refractivity contribution in [1.29, 1.82) is 0 Å². The van der Waals surface area contributed by atoms with Crippen LogP contribution in [0.1, 0.15) is 5.56 Å². The van der Waals surface area contributed by atoms with Gasteiger partial charge in [-0.05, 0) is 48.6 Å². The van der Waals surface area contributed by atoms with Crippen LogP contribution in [0.4, 0.5) is 5.69 Å². The van der Waals surface area contributed by atoms with Crippen molar-refractivity contribution in [3.63, 3.8) is 0 Å². The summed E-state index contributed by atoms with van der Waals surface area (Å²) in [6, 6.07) is 8.11. The number of thiophene rings is 1. The Hall–Kier alpha value is -1.44. The molecular formula is C15H7Cl3N2O2S2. The predicted molar refractivity (Wildman–Crippen MR) is 102 cm³/mol. The van der Waals surface area contributed by atoms with E-state index in [4.69, 9.17) is 47.0 Å². The maximum absolute atomic E-state index is 12.8. The first-order chi connectivity index (χ1) is 11.4. The van der Waals surface area contributed by atoms with Crippen LogP contribution in [0.3, 0.4) is 0 Å². The lowest BCUT2D eigenvalue weighted by atomic mass is 10.1. The van der Waals surface area contributed by atoms with Gasteiger partial charge in [0.1, 0.15) is 9.91 Å². The monoisotopic (exact) mass is 416 g/mol. The van der Waals surface area contributed by atoms with E-state index in [1.807, 2.05) is 0 Å². The van der Waals surface area contributed by atoms with Crippen molar-refractivity contribution >= 4 is 87.0 Å². The van der Waals surface area contributed by atoms with Gasteiger partial charge in [-0.25, -0.2) is 0 Å².